The summed E-state index contributed by atoms with van der Waals surface area (Å²) in [6.07, 6.45) is 0. The van der Waals surface area contributed by atoms with E-state index in [1.54, 1.807) is 20.8 Å². The van der Waals surface area contributed by atoms with Crippen LogP contribution in [0.15, 0.2) is 5.16 Å². The Kier molecular flexibility index (Phi) is 2.40. The Labute approximate surface area is 59.7 Å². The number of carbonyl (C=O) groups excluding carboxylic acids is 1. The number of nitrogens with two attached hydrogens (primary N) is 1. The average molecular weight is 144 g/mol. The van der Waals surface area contributed by atoms with Crippen LogP contribution in [-0.4, -0.2) is 16.8 Å². The van der Waals surface area contributed by atoms with Gasteiger partial charge in [0.25, 0.3) is 0 Å². The van der Waals surface area contributed by atoms with E-state index in [2.05, 4.69) is 5.16 Å². The molecule has 0 rings (SSSR count). The molecule has 0 heterocycles. The number of rotatable bonds is 1. The molecule has 0 aromatic carbocycles. The molecule has 0 aromatic heterocycles. The zero-order valence-electron chi connectivity index (χ0n) is 6.38. The fourth-order valence-corrected chi connectivity index (χ4v) is 0.430. The van der Waals surface area contributed by atoms with E-state index in [0.29, 0.717) is 0 Å². The molecular weight excluding hydrogens is 132 g/mol. The number of ketones is 1. The molecule has 0 radical (unpaired) electrons. The third-order valence-corrected chi connectivity index (χ3v) is 1.02. The highest BCUT2D eigenvalue weighted by atomic mass is 16.4. The SMILES string of the molecule is CC(C)(C)C(=O)/C(N)=N/O. The van der Waals surface area contributed by atoms with Crippen molar-refractivity contribution in [3.05, 3.63) is 0 Å². The van der Waals surface area contributed by atoms with Crippen LogP contribution in [0.5, 0.6) is 0 Å². The largest absolute Gasteiger partial charge is 0.409 e. The van der Waals surface area contributed by atoms with Crippen molar-refractivity contribution in [3.63, 3.8) is 0 Å². The van der Waals surface area contributed by atoms with E-state index in [9.17, 15) is 4.79 Å². The van der Waals surface area contributed by atoms with E-state index in [0.717, 1.165) is 0 Å². The van der Waals surface area contributed by atoms with Crippen LogP contribution in [0, 0.1) is 5.41 Å². The van der Waals surface area contributed by atoms with Crippen molar-refractivity contribution in [3.8, 4) is 0 Å². The maximum absolute atomic E-state index is 11.0. The maximum Gasteiger partial charge on any atom is 0.206 e. The van der Waals surface area contributed by atoms with Crippen LogP contribution in [0.2, 0.25) is 0 Å². The second-order valence-electron chi connectivity index (χ2n) is 3.06. The number of amidine groups is 1. The number of Topliss-reactive ketones (excluding diaryl/α,β-unsaturated/α-hetero) is 1. The number of carbonyl (C=O) groups is 1. The van der Waals surface area contributed by atoms with Crippen molar-refractivity contribution < 1.29 is 10.0 Å². The van der Waals surface area contributed by atoms with Crippen molar-refractivity contribution in [2.75, 3.05) is 0 Å². The number of oxime groups is 1. The molecule has 0 bridgehead atoms. The number of hydrogen-bond acceptors (Lipinski definition) is 3. The van der Waals surface area contributed by atoms with E-state index in [4.69, 9.17) is 10.9 Å². The highest BCUT2D eigenvalue weighted by molar-refractivity contribution is 6.39. The lowest BCUT2D eigenvalue weighted by atomic mass is 9.90. The summed E-state index contributed by atoms with van der Waals surface area (Å²) in [5, 5.41) is 10.7. The lowest BCUT2D eigenvalue weighted by Gasteiger charge is -2.14. The molecule has 0 aliphatic heterocycles. The van der Waals surface area contributed by atoms with Gasteiger partial charge in [0, 0.05) is 5.41 Å². The first kappa shape index (κ1) is 8.94. The molecule has 3 N–H and O–H groups in total. The third-order valence-electron chi connectivity index (χ3n) is 1.02. The van der Waals surface area contributed by atoms with Crippen LogP contribution in [-0.2, 0) is 4.79 Å². The quantitative estimate of drug-likeness (QED) is 0.241. The van der Waals surface area contributed by atoms with Gasteiger partial charge in [-0.2, -0.15) is 0 Å². The first-order valence-corrected chi connectivity index (χ1v) is 2.92. The molecule has 10 heavy (non-hydrogen) atoms. The van der Waals surface area contributed by atoms with Crippen molar-refractivity contribution in [1.29, 1.82) is 0 Å². The van der Waals surface area contributed by atoms with E-state index in [1.807, 2.05) is 0 Å². The van der Waals surface area contributed by atoms with Gasteiger partial charge >= 0.3 is 0 Å². The molecular formula is C6H12N2O2. The summed E-state index contributed by atoms with van der Waals surface area (Å²) in [5.74, 6) is -0.692. The summed E-state index contributed by atoms with van der Waals surface area (Å²) in [4.78, 5) is 11.0. The van der Waals surface area contributed by atoms with Gasteiger partial charge in [-0.05, 0) is 0 Å². The van der Waals surface area contributed by atoms with Crippen LogP contribution in [0.3, 0.4) is 0 Å². The van der Waals surface area contributed by atoms with Crippen LogP contribution >= 0.6 is 0 Å². The van der Waals surface area contributed by atoms with Crippen molar-refractivity contribution >= 4 is 11.6 Å². The van der Waals surface area contributed by atoms with Crippen LogP contribution in [0.4, 0.5) is 0 Å². The monoisotopic (exact) mass is 144 g/mol. The van der Waals surface area contributed by atoms with Gasteiger partial charge in [0.1, 0.15) is 0 Å². The lowest BCUT2D eigenvalue weighted by molar-refractivity contribution is -0.119. The number of hydrogen-bond donors (Lipinski definition) is 2. The van der Waals surface area contributed by atoms with E-state index >= 15 is 0 Å². The molecule has 0 spiro atoms. The Bertz CT molecular complexity index is 167. The maximum atomic E-state index is 11.0. The van der Waals surface area contributed by atoms with Gasteiger partial charge in [0.05, 0.1) is 0 Å². The van der Waals surface area contributed by atoms with Gasteiger partial charge in [0.15, 0.2) is 0 Å². The zero-order chi connectivity index (χ0) is 8.36. The summed E-state index contributed by atoms with van der Waals surface area (Å²) in [6.45, 7) is 5.11. The standard InChI is InChI=1S/C6H12N2O2/c1-6(2,3)4(9)5(7)8-10/h10H,1-3H3,(H2,7,8). The second-order valence-corrected chi connectivity index (χ2v) is 3.06. The summed E-state index contributed by atoms with van der Waals surface area (Å²) in [6, 6.07) is 0. The van der Waals surface area contributed by atoms with E-state index in [1.165, 1.54) is 0 Å². The first-order chi connectivity index (χ1) is 4.39. The molecule has 0 saturated heterocycles. The van der Waals surface area contributed by atoms with Gasteiger partial charge < -0.3 is 10.9 Å². The Balaban J connectivity index is 4.39. The topological polar surface area (TPSA) is 75.7 Å². The minimum Gasteiger partial charge on any atom is -0.409 e. The Morgan fingerprint density at radius 3 is 2.00 bits per heavy atom. The molecule has 58 valence electrons. The molecule has 4 nitrogen and oxygen atoms in total. The molecule has 0 fully saturated rings. The minimum atomic E-state index is -0.573. The summed E-state index contributed by atoms with van der Waals surface area (Å²) in [7, 11) is 0. The molecule has 0 amide bonds. The molecule has 0 atom stereocenters. The lowest BCUT2D eigenvalue weighted by Crippen LogP contribution is -2.34. The van der Waals surface area contributed by atoms with Crippen LogP contribution in [0.1, 0.15) is 20.8 Å². The Hall–Kier alpha value is -1.06. The van der Waals surface area contributed by atoms with Crippen molar-refractivity contribution in [2.45, 2.75) is 20.8 Å². The van der Waals surface area contributed by atoms with Gasteiger partial charge in [-0.25, -0.2) is 0 Å². The first-order valence-electron chi connectivity index (χ1n) is 2.92. The highest BCUT2D eigenvalue weighted by Gasteiger charge is 2.24. The fraction of sp³-hybridized carbons (Fsp3) is 0.667. The van der Waals surface area contributed by atoms with E-state index < -0.39 is 5.41 Å². The minimum absolute atomic E-state index is 0.340. The molecule has 0 aliphatic rings. The molecule has 0 unspecified atom stereocenters. The molecule has 0 aromatic rings. The Morgan fingerprint density at radius 2 is 1.90 bits per heavy atom. The predicted molar refractivity (Wildman–Crippen MR) is 37.9 cm³/mol. The van der Waals surface area contributed by atoms with E-state index in [-0.39, 0.29) is 11.6 Å². The average Bonchev–Trinajstić information content (AvgIpc) is 1.83. The normalized spacial score (nSPS) is 13.3. The fourth-order valence-electron chi connectivity index (χ4n) is 0.430. The van der Waals surface area contributed by atoms with Crippen LogP contribution < -0.4 is 5.73 Å². The van der Waals surface area contributed by atoms with Gasteiger partial charge in [-0.3, -0.25) is 4.79 Å². The molecule has 0 saturated carbocycles. The second kappa shape index (κ2) is 2.68. The highest BCUT2D eigenvalue weighted by Crippen LogP contribution is 2.13. The summed E-state index contributed by atoms with van der Waals surface area (Å²) in [5.41, 5.74) is 4.48. The smallest absolute Gasteiger partial charge is 0.206 e. The summed E-state index contributed by atoms with van der Waals surface area (Å²) < 4.78 is 0. The van der Waals surface area contributed by atoms with Crippen molar-refractivity contribution in [1.82, 2.24) is 0 Å². The van der Waals surface area contributed by atoms with Gasteiger partial charge in [-0.15, -0.1) is 0 Å². The Morgan fingerprint density at radius 1 is 1.50 bits per heavy atom. The molecule has 4 heteroatoms. The van der Waals surface area contributed by atoms with Crippen LogP contribution in [0.25, 0.3) is 0 Å². The summed E-state index contributed by atoms with van der Waals surface area (Å²) >= 11 is 0. The number of nitrogens with zero attached hydrogens (tertiary/aromatic N) is 1. The van der Waals surface area contributed by atoms with Gasteiger partial charge in [-0.1, -0.05) is 25.9 Å². The van der Waals surface area contributed by atoms with Crippen molar-refractivity contribution in [2.24, 2.45) is 16.3 Å². The molecule has 0 aliphatic carbocycles. The zero-order valence-corrected chi connectivity index (χ0v) is 6.38. The predicted octanol–water partition coefficient (Wildman–Crippen LogP) is 0.348. The third kappa shape index (κ3) is 2.05. The van der Waals surface area contributed by atoms with Gasteiger partial charge in [0.2, 0.25) is 11.6 Å².